The van der Waals surface area contributed by atoms with Gasteiger partial charge in [0, 0.05) is 18.8 Å². The largest absolute Gasteiger partial charge is 0.365 e. The van der Waals surface area contributed by atoms with Crippen molar-refractivity contribution in [1.29, 1.82) is 0 Å². The van der Waals surface area contributed by atoms with Gasteiger partial charge in [-0.2, -0.15) is 0 Å². The topological polar surface area (TPSA) is 29.5 Å². The van der Waals surface area contributed by atoms with Crippen LogP contribution in [0, 0.1) is 11.7 Å². The van der Waals surface area contributed by atoms with Gasteiger partial charge in [-0.25, -0.2) is 4.39 Å². The zero-order valence-corrected chi connectivity index (χ0v) is 14.5. The summed E-state index contributed by atoms with van der Waals surface area (Å²) in [6.45, 7) is 0. The molecule has 0 spiro atoms. The minimum Gasteiger partial charge on any atom is -0.365 e. The fourth-order valence-corrected chi connectivity index (χ4v) is 4.67. The Morgan fingerprint density at radius 1 is 1.00 bits per heavy atom. The first kappa shape index (κ1) is 16.7. The Labute approximate surface area is 148 Å². The summed E-state index contributed by atoms with van der Waals surface area (Å²) in [7, 11) is 0. The molecule has 2 aliphatic heterocycles. The highest BCUT2D eigenvalue weighted by atomic mass is 19.1. The van der Waals surface area contributed by atoms with Gasteiger partial charge in [-0.15, -0.1) is 0 Å². The average Bonchev–Trinajstić information content (AvgIpc) is 2.75. The van der Waals surface area contributed by atoms with Crippen LogP contribution in [-0.2, 0) is 17.6 Å². The summed E-state index contributed by atoms with van der Waals surface area (Å²) in [5, 5.41) is 11.2. The second-order valence-corrected chi connectivity index (χ2v) is 7.70. The smallest absolute Gasteiger partial charge is 0.169 e. The van der Waals surface area contributed by atoms with E-state index < -0.39 is 5.79 Å². The lowest BCUT2D eigenvalue weighted by atomic mass is 9.77. The first-order valence-corrected chi connectivity index (χ1v) is 9.29. The molecule has 2 aromatic carbocycles. The number of fused-ring (bicyclic) bond motifs is 2. The Kier molecular flexibility index (Phi) is 4.38. The molecular weight excluding hydrogens is 315 g/mol. The lowest BCUT2D eigenvalue weighted by Crippen LogP contribution is -2.38. The van der Waals surface area contributed by atoms with Gasteiger partial charge in [0.15, 0.2) is 5.79 Å². The summed E-state index contributed by atoms with van der Waals surface area (Å²) < 4.78 is 20.5. The van der Waals surface area contributed by atoms with Crippen molar-refractivity contribution in [3.63, 3.8) is 0 Å². The molecule has 132 valence electrons. The number of aliphatic hydroxyl groups is 1. The minimum atomic E-state index is -1.13. The van der Waals surface area contributed by atoms with Crippen molar-refractivity contribution in [1.82, 2.24) is 0 Å². The molecule has 2 aromatic rings. The molecule has 0 radical (unpaired) electrons. The fourth-order valence-electron chi connectivity index (χ4n) is 4.67. The molecule has 3 heteroatoms. The van der Waals surface area contributed by atoms with Crippen LogP contribution in [0.5, 0.6) is 0 Å². The van der Waals surface area contributed by atoms with Crippen molar-refractivity contribution in [3.8, 4) is 0 Å². The first-order valence-electron chi connectivity index (χ1n) is 9.29. The van der Waals surface area contributed by atoms with Gasteiger partial charge in [-0.05, 0) is 42.9 Å². The summed E-state index contributed by atoms with van der Waals surface area (Å²) >= 11 is 0. The average molecular weight is 340 g/mol. The maximum Gasteiger partial charge on any atom is 0.169 e. The third-order valence-electron chi connectivity index (χ3n) is 5.86. The molecule has 1 N–H and O–H groups in total. The molecule has 2 nitrogen and oxygen atoms in total. The number of ether oxygens (including phenoxy) is 1. The SMILES string of the molecule is O[C@]12CCCC[C@](Cc3ccccc3)(C[C@@H]1Cc1ccccc1F)O2. The molecule has 0 unspecified atom stereocenters. The Balaban J connectivity index is 1.60. The van der Waals surface area contributed by atoms with E-state index in [4.69, 9.17) is 4.74 Å². The molecule has 2 heterocycles. The second kappa shape index (κ2) is 6.54. The molecule has 3 atom stereocenters. The predicted molar refractivity (Wildman–Crippen MR) is 95.6 cm³/mol. The van der Waals surface area contributed by atoms with Crippen molar-refractivity contribution >= 4 is 0 Å². The summed E-state index contributed by atoms with van der Waals surface area (Å²) in [6.07, 6.45) is 5.75. The molecule has 2 fully saturated rings. The molecule has 0 aromatic heterocycles. The fraction of sp³-hybridized carbons (Fsp3) is 0.455. The lowest BCUT2D eigenvalue weighted by Gasteiger charge is -2.30. The van der Waals surface area contributed by atoms with Gasteiger partial charge in [0.05, 0.1) is 5.60 Å². The van der Waals surface area contributed by atoms with Crippen molar-refractivity contribution in [2.24, 2.45) is 5.92 Å². The summed E-state index contributed by atoms with van der Waals surface area (Å²) in [5.74, 6) is -1.39. The van der Waals surface area contributed by atoms with E-state index in [2.05, 4.69) is 12.1 Å². The Bertz CT molecular complexity index is 732. The molecular formula is C22H25FO2. The first-order chi connectivity index (χ1) is 12.1. The van der Waals surface area contributed by atoms with Gasteiger partial charge < -0.3 is 9.84 Å². The van der Waals surface area contributed by atoms with Gasteiger partial charge in [0.1, 0.15) is 5.82 Å². The van der Waals surface area contributed by atoms with Gasteiger partial charge in [0.2, 0.25) is 0 Å². The lowest BCUT2D eigenvalue weighted by molar-refractivity contribution is -0.235. The second-order valence-electron chi connectivity index (χ2n) is 7.70. The highest BCUT2D eigenvalue weighted by Gasteiger charge is 2.55. The molecule has 0 amide bonds. The van der Waals surface area contributed by atoms with Crippen LogP contribution in [0.1, 0.15) is 43.2 Å². The van der Waals surface area contributed by atoms with E-state index >= 15 is 0 Å². The van der Waals surface area contributed by atoms with Crippen LogP contribution in [-0.4, -0.2) is 16.5 Å². The molecule has 0 saturated carbocycles. The molecule has 2 bridgehead atoms. The molecule has 0 aliphatic carbocycles. The van der Waals surface area contributed by atoms with Crippen LogP contribution in [0.2, 0.25) is 0 Å². The van der Waals surface area contributed by atoms with Gasteiger partial charge in [-0.3, -0.25) is 0 Å². The maximum absolute atomic E-state index is 14.1. The molecule has 2 aliphatic rings. The van der Waals surface area contributed by atoms with E-state index in [-0.39, 0.29) is 17.3 Å². The summed E-state index contributed by atoms with van der Waals surface area (Å²) in [5.41, 5.74) is 1.58. The van der Waals surface area contributed by atoms with E-state index in [0.29, 0.717) is 18.4 Å². The quantitative estimate of drug-likeness (QED) is 0.878. The van der Waals surface area contributed by atoms with E-state index in [1.54, 1.807) is 6.07 Å². The minimum absolute atomic E-state index is 0.0617. The highest BCUT2D eigenvalue weighted by molar-refractivity contribution is 5.21. The van der Waals surface area contributed by atoms with Crippen molar-refractivity contribution in [2.75, 3.05) is 0 Å². The third kappa shape index (κ3) is 3.36. The highest BCUT2D eigenvalue weighted by Crippen LogP contribution is 2.51. The monoisotopic (exact) mass is 340 g/mol. The van der Waals surface area contributed by atoms with Crippen LogP contribution in [0.4, 0.5) is 4.39 Å². The van der Waals surface area contributed by atoms with Gasteiger partial charge >= 0.3 is 0 Å². The van der Waals surface area contributed by atoms with Crippen molar-refractivity contribution in [3.05, 3.63) is 71.5 Å². The van der Waals surface area contributed by atoms with Crippen LogP contribution in [0.15, 0.2) is 54.6 Å². The zero-order chi connectivity index (χ0) is 17.3. The van der Waals surface area contributed by atoms with Crippen molar-refractivity contribution < 1.29 is 14.2 Å². The Hall–Kier alpha value is -1.71. The van der Waals surface area contributed by atoms with Gasteiger partial charge in [0.25, 0.3) is 0 Å². The number of halogens is 1. The predicted octanol–water partition coefficient (Wildman–Crippen LogP) is 4.65. The summed E-state index contributed by atoms with van der Waals surface area (Å²) in [4.78, 5) is 0. The zero-order valence-electron chi connectivity index (χ0n) is 14.5. The summed E-state index contributed by atoms with van der Waals surface area (Å²) in [6, 6.07) is 17.2. The van der Waals surface area contributed by atoms with Crippen LogP contribution in [0.3, 0.4) is 0 Å². The number of hydrogen-bond donors (Lipinski definition) is 1. The van der Waals surface area contributed by atoms with Gasteiger partial charge in [-0.1, -0.05) is 55.0 Å². The van der Waals surface area contributed by atoms with Crippen LogP contribution >= 0.6 is 0 Å². The molecule has 2 saturated heterocycles. The number of benzene rings is 2. The number of hydrogen-bond acceptors (Lipinski definition) is 2. The standard InChI is InChI=1S/C22H25FO2/c23-20-11-5-4-10-18(20)14-19-16-21(15-17-8-2-1-3-9-17)12-6-7-13-22(19,24)25-21/h1-5,8-11,19,24H,6-7,12-16H2/t19-,21-,22-/m0/s1. The van der Waals surface area contributed by atoms with Crippen LogP contribution in [0.25, 0.3) is 0 Å². The molecule has 25 heavy (non-hydrogen) atoms. The third-order valence-corrected chi connectivity index (χ3v) is 5.86. The van der Waals surface area contributed by atoms with E-state index in [9.17, 15) is 9.50 Å². The van der Waals surface area contributed by atoms with Crippen molar-refractivity contribution in [2.45, 2.75) is 56.3 Å². The van der Waals surface area contributed by atoms with Crippen LogP contribution < -0.4 is 0 Å². The van der Waals surface area contributed by atoms with E-state index in [0.717, 1.165) is 32.1 Å². The number of rotatable bonds is 4. The Morgan fingerprint density at radius 2 is 1.72 bits per heavy atom. The normalized spacial score (nSPS) is 31.7. The maximum atomic E-state index is 14.1. The molecule has 4 rings (SSSR count). The van der Waals surface area contributed by atoms with E-state index in [1.807, 2.05) is 30.3 Å². The van der Waals surface area contributed by atoms with E-state index in [1.165, 1.54) is 11.6 Å². The Morgan fingerprint density at radius 3 is 2.52 bits per heavy atom.